The summed E-state index contributed by atoms with van der Waals surface area (Å²) in [4.78, 5) is 0. The average molecular weight is 240 g/mol. The zero-order valence-corrected chi connectivity index (χ0v) is 10.1. The summed E-state index contributed by atoms with van der Waals surface area (Å²) < 4.78 is 15.7. The molecular weight excluding hydrogens is 220 g/mol. The molecule has 96 valence electrons. The summed E-state index contributed by atoms with van der Waals surface area (Å²) in [6.45, 7) is 2.49. The number of nitrogens with two attached hydrogens (primary N) is 2. The molecule has 0 atom stereocenters. The SMILES string of the molecule is COCCOCCCOc1ccc(N)c(N)c1. The lowest BCUT2D eigenvalue weighted by Crippen LogP contribution is -2.07. The van der Waals surface area contributed by atoms with Gasteiger partial charge < -0.3 is 25.7 Å². The van der Waals surface area contributed by atoms with E-state index in [2.05, 4.69) is 0 Å². The van der Waals surface area contributed by atoms with Gasteiger partial charge in [0.1, 0.15) is 5.75 Å². The maximum absolute atomic E-state index is 5.66. The predicted molar refractivity (Wildman–Crippen MR) is 68.1 cm³/mol. The van der Waals surface area contributed by atoms with Crippen molar-refractivity contribution in [3.63, 3.8) is 0 Å². The fraction of sp³-hybridized carbons (Fsp3) is 0.500. The fourth-order valence-corrected chi connectivity index (χ4v) is 1.24. The number of methoxy groups -OCH3 is 1. The van der Waals surface area contributed by atoms with E-state index in [1.165, 1.54) is 0 Å². The molecule has 0 aliphatic carbocycles. The lowest BCUT2D eigenvalue weighted by molar-refractivity contribution is 0.0644. The number of nitrogen functional groups attached to an aromatic ring is 2. The second kappa shape index (κ2) is 7.76. The van der Waals surface area contributed by atoms with Gasteiger partial charge in [-0.3, -0.25) is 0 Å². The molecule has 1 aromatic carbocycles. The zero-order valence-electron chi connectivity index (χ0n) is 10.1. The Hall–Kier alpha value is -1.46. The molecule has 0 unspecified atom stereocenters. The maximum atomic E-state index is 5.66. The summed E-state index contributed by atoms with van der Waals surface area (Å²) in [5.74, 6) is 0.730. The number of rotatable bonds is 8. The third-order valence-electron chi connectivity index (χ3n) is 2.19. The molecular formula is C12H20N2O3. The van der Waals surface area contributed by atoms with E-state index in [0.717, 1.165) is 12.2 Å². The van der Waals surface area contributed by atoms with Crippen molar-refractivity contribution < 1.29 is 14.2 Å². The molecule has 5 heteroatoms. The van der Waals surface area contributed by atoms with Crippen LogP contribution in [-0.4, -0.2) is 33.5 Å². The van der Waals surface area contributed by atoms with E-state index < -0.39 is 0 Å². The van der Waals surface area contributed by atoms with Crippen LogP contribution in [0.15, 0.2) is 18.2 Å². The van der Waals surface area contributed by atoms with Crippen LogP contribution in [0, 0.1) is 0 Å². The van der Waals surface area contributed by atoms with Gasteiger partial charge in [-0.2, -0.15) is 0 Å². The monoisotopic (exact) mass is 240 g/mol. The number of anilines is 2. The first-order valence-electron chi connectivity index (χ1n) is 5.58. The van der Waals surface area contributed by atoms with Gasteiger partial charge in [-0.25, -0.2) is 0 Å². The van der Waals surface area contributed by atoms with Gasteiger partial charge in [0.05, 0.1) is 31.2 Å². The van der Waals surface area contributed by atoms with Crippen molar-refractivity contribution in [3.05, 3.63) is 18.2 Å². The van der Waals surface area contributed by atoms with Crippen molar-refractivity contribution in [2.45, 2.75) is 6.42 Å². The lowest BCUT2D eigenvalue weighted by Gasteiger charge is -2.08. The first kappa shape index (κ1) is 13.6. The van der Waals surface area contributed by atoms with Crippen LogP contribution >= 0.6 is 0 Å². The molecule has 0 amide bonds. The molecule has 0 spiro atoms. The highest BCUT2D eigenvalue weighted by atomic mass is 16.5. The Morgan fingerprint density at radius 3 is 2.53 bits per heavy atom. The van der Waals surface area contributed by atoms with Crippen LogP contribution in [0.2, 0.25) is 0 Å². The first-order valence-corrected chi connectivity index (χ1v) is 5.58. The third-order valence-corrected chi connectivity index (χ3v) is 2.19. The van der Waals surface area contributed by atoms with E-state index in [-0.39, 0.29) is 0 Å². The number of hydrogen-bond donors (Lipinski definition) is 2. The van der Waals surface area contributed by atoms with Crippen molar-refractivity contribution in [3.8, 4) is 5.75 Å². The van der Waals surface area contributed by atoms with E-state index in [4.69, 9.17) is 25.7 Å². The molecule has 0 bridgehead atoms. The van der Waals surface area contributed by atoms with Gasteiger partial charge >= 0.3 is 0 Å². The zero-order chi connectivity index (χ0) is 12.5. The number of ether oxygens (including phenoxy) is 3. The molecule has 0 aromatic heterocycles. The smallest absolute Gasteiger partial charge is 0.121 e. The first-order chi connectivity index (χ1) is 8.24. The summed E-state index contributed by atoms with van der Waals surface area (Å²) in [6, 6.07) is 5.26. The highest BCUT2D eigenvalue weighted by Crippen LogP contribution is 2.21. The van der Waals surface area contributed by atoms with Crippen molar-refractivity contribution >= 4 is 11.4 Å². The summed E-state index contributed by atoms with van der Waals surface area (Å²) >= 11 is 0. The Labute approximate surface area is 102 Å². The van der Waals surface area contributed by atoms with E-state index in [1.807, 2.05) is 0 Å². The Kier molecular flexibility index (Phi) is 6.21. The molecule has 0 saturated heterocycles. The number of hydrogen-bond acceptors (Lipinski definition) is 5. The molecule has 17 heavy (non-hydrogen) atoms. The minimum atomic E-state index is 0.541. The summed E-state index contributed by atoms with van der Waals surface area (Å²) in [7, 11) is 1.65. The Morgan fingerprint density at radius 1 is 1.00 bits per heavy atom. The second-order valence-electron chi connectivity index (χ2n) is 3.60. The van der Waals surface area contributed by atoms with Gasteiger partial charge in [-0.1, -0.05) is 0 Å². The van der Waals surface area contributed by atoms with Crippen LogP contribution in [0.1, 0.15) is 6.42 Å². The molecule has 0 heterocycles. The fourth-order valence-electron chi connectivity index (χ4n) is 1.24. The van der Waals surface area contributed by atoms with Gasteiger partial charge in [0.2, 0.25) is 0 Å². The van der Waals surface area contributed by atoms with Gasteiger partial charge in [0, 0.05) is 26.2 Å². The van der Waals surface area contributed by atoms with Crippen LogP contribution in [0.25, 0.3) is 0 Å². The van der Waals surface area contributed by atoms with E-state index in [1.54, 1.807) is 25.3 Å². The number of benzene rings is 1. The van der Waals surface area contributed by atoms with Crippen molar-refractivity contribution in [1.29, 1.82) is 0 Å². The molecule has 0 radical (unpaired) electrons. The minimum absolute atomic E-state index is 0.541. The Balaban J connectivity index is 2.11. The second-order valence-corrected chi connectivity index (χ2v) is 3.60. The molecule has 0 saturated carbocycles. The third kappa shape index (κ3) is 5.42. The molecule has 0 aliphatic rings. The summed E-state index contributed by atoms with van der Waals surface area (Å²) in [6.07, 6.45) is 0.827. The summed E-state index contributed by atoms with van der Waals surface area (Å²) in [5, 5.41) is 0. The maximum Gasteiger partial charge on any atom is 0.121 e. The van der Waals surface area contributed by atoms with Crippen LogP contribution in [-0.2, 0) is 9.47 Å². The van der Waals surface area contributed by atoms with E-state index in [0.29, 0.717) is 37.8 Å². The minimum Gasteiger partial charge on any atom is -0.493 e. The molecule has 1 aromatic rings. The van der Waals surface area contributed by atoms with E-state index >= 15 is 0 Å². The van der Waals surface area contributed by atoms with Gasteiger partial charge in [-0.05, 0) is 12.1 Å². The Bertz CT molecular complexity index is 332. The quantitative estimate of drug-likeness (QED) is 0.528. The molecule has 5 nitrogen and oxygen atoms in total. The van der Waals surface area contributed by atoms with Gasteiger partial charge in [0.25, 0.3) is 0 Å². The summed E-state index contributed by atoms with van der Waals surface area (Å²) in [5.41, 5.74) is 12.4. The molecule has 4 N–H and O–H groups in total. The Morgan fingerprint density at radius 2 is 1.82 bits per heavy atom. The van der Waals surface area contributed by atoms with Crippen molar-refractivity contribution in [1.82, 2.24) is 0 Å². The average Bonchev–Trinajstić information content (AvgIpc) is 2.32. The van der Waals surface area contributed by atoms with E-state index in [9.17, 15) is 0 Å². The van der Waals surface area contributed by atoms with Crippen LogP contribution in [0.4, 0.5) is 11.4 Å². The largest absolute Gasteiger partial charge is 0.493 e. The van der Waals surface area contributed by atoms with Crippen LogP contribution < -0.4 is 16.2 Å². The highest BCUT2D eigenvalue weighted by molar-refractivity contribution is 5.65. The predicted octanol–water partition coefficient (Wildman–Crippen LogP) is 1.28. The van der Waals surface area contributed by atoms with Crippen LogP contribution in [0.5, 0.6) is 5.75 Å². The normalized spacial score (nSPS) is 10.4. The highest BCUT2D eigenvalue weighted by Gasteiger charge is 1.98. The molecule has 0 fully saturated rings. The standard InChI is InChI=1S/C12H20N2O3/c1-15-7-8-16-5-2-6-17-10-3-4-11(13)12(14)9-10/h3-4,9H,2,5-8,13-14H2,1H3. The molecule has 0 aliphatic heterocycles. The van der Waals surface area contributed by atoms with Crippen LogP contribution in [0.3, 0.4) is 0 Å². The topological polar surface area (TPSA) is 79.7 Å². The van der Waals surface area contributed by atoms with Crippen molar-refractivity contribution in [2.75, 3.05) is 45.0 Å². The van der Waals surface area contributed by atoms with Crippen molar-refractivity contribution in [2.24, 2.45) is 0 Å². The molecule has 1 rings (SSSR count). The van der Waals surface area contributed by atoms with Gasteiger partial charge in [0.15, 0.2) is 0 Å². The van der Waals surface area contributed by atoms with Gasteiger partial charge in [-0.15, -0.1) is 0 Å². The lowest BCUT2D eigenvalue weighted by atomic mass is 10.2.